The van der Waals surface area contributed by atoms with Gasteiger partial charge in [0.05, 0.1) is 19.8 Å². The number of ether oxygens (including phenoxy) is 6. The maximum Gasteiger partial charge on any atom is 0.472 e. The maximum absolute atomic E-state index is 14.0. The van der Waals surface area contributed by atoms with Crippen LogP contribution in [-0.4, -0.2) is 204 Å². The molecule has 2 saturated heterocycles. The zero-order valence-electron chi connectivity index (χ0n) is 46.4. The Bertz CT molecular complexity index is 1720. The molecule has 0 bridgehead atoms. The maximum atomic E-state index is 14.0. The molecule has 0 aromatic carbocycles. The lowest BCUT2D eigenvalue weighted by Gasteiger charge is -2.49. The molecule has 0 amide bonds. The smallest absolute Gasteiger partial charge is 0.462 e. The van der Waals surface area contributed by atoms with Crippen LogP contribution in [0.4, 0.5) is 0 Å². The molecular formula is C55H97O23P. The van der Waals surface area contributed by atoms with Crippen molar-refractivity contribution in [3.8, 4) is 0 Å². The van der Waals surface area contributed by atoms with Gasteiger partial charge in [-0.15, -0.1) is 0 Å². The van der Waals surface area contributed by atoms with Crippen LogP contribution >= 0.6 is 7.82 Å². The summed E-state index contributed by atoms with van der Waals surface area (Å²) in [6.45, 7) is 0.860. The van der Waals surface area contributed by atoms with E-state index in [0.29, 0.717) is 6.42 Å². The Morgan fingerprint density at radius 1 is 0.506 bits per heavy atom. The van der Waals surface area contributed by atoms with E-state index in [1.807, 2.05) is 6.08 Å². The molecule has 460 valence electrons. The number of carbonyl (C=O) groups excluding carboxylic acids is 2. The second-order valence-corrected chi connectivity index (χ2v) is 22.3. The summed E-state index contributed by atoms with van der Waals surface area (Å²) >= 11 is 0. The topological polar surface area (TPSA) is 368 Å². The Hall–Kier alpha value is -2.33. The molecule has 12 N–H and O–H groups in total. The van der Waals surface area contributed by atoms with Crippen molar-refractivity contribution in [3.63, 3.8) is 0 Å². The van der Waals surface area contributed by atoms with Crippen molar-refractivity contribution in [2.45, 2.75) is 272 Å². The molecule has 23 nitrogen and oxygen atoms in total. The quantitative estimate of drug-likeness (QED) is 0.0104. The highest BCUT2D eigenvalue weighted by Gasteiger charge is 2.58. The fourth-order valence-corrected chi connectivity index (χ4v) is 10.4. The van der Waals surface area contributed by atoms with Crippen LogP contribution in [0.5, 0.6) is 0 Å². The number of hydrogen-bond donors (Lipinski definition) is 12. The summed E-state index contributed by atoms with van der Waals surface area (Å²) in [4.78, 5) is 37.3. The number of aliphatic hydroxyl groups is 11. The van der Waals surface area contributed by atoms with E-state index < -0.39 is 150 Å². The first-order valence-electron chi connectivity index (χ1n) is 28.9. The predicted octanol–water partition coefficient (Wildman–Crippen LogP) is 3.48. The Morgan fingerprint density at radius 3 is 1.38 bits per heavy atom. The van der Waals surface area contributed by atoms with Crippen LogP contribution in [0.1, 0.15) is 168 Å². The molecule has 2 heterocycles. The zero-order valence-corrected chi connectivity index (χ0v) is 47.3. The first-order chi connectivity index (χ1) is 37.9. The monoisotopic (exact) mass is 1160 g/mol. The number of rotatable bonds is 41. The molecule has 2 aliphatic heterocycles. The Balaban J connectivity index is 1.75. The first kappa shape index (κ1) is 70.9. The number of esters is 2. The van der Waals surface area contributed by atoms with Gasteiger partial charge in [0, 0.05) is 12.5 Å². The van der Waals surface area contributed by atoms with Gasteiger partial charge in [-0.3, -0.25) is 13.8 Å². The van der Waals surface area contributed by atoms with Gasteiger partial charge in [-0.25, -0.2) is 9.36 Å². The van der Waals surface area contributed by atoms with Gasteiger partial charge in [0.1, 0.15) is 92.1 Å². The minimum Gasteiger partial charge on any atom is -0.462 e. The highest BCUT2D eigenvalue weighted by Crippen LogP contribution is 2.49. The van der Waals surface area contributed by atoms with Crippen LogP contribution in [0.15, 0.2) is 36.5 Å². The third-order valence-electron chi connectivity index (χ3n) is 14.3. The summed E-state index contributed by atoms with van der Waals surface area (Å²) in [6.07, 6.45) is 0.671. The van der Waals surface area contributed by atoms with Gasteiger partial charge in [0.15, 0.2) is 18.7 Å². The largest absolute Gasteiger partial charge is 0.472 e. The summed E-state index contributed by atoms with van der Waals surface area (Å²) in [5.74, 6) is -1.61. The predicted molar refractivity (Wildman–Crippen MR) is 286 cm³/mol. The molecule has 3 aliphatic rings. The molecule has 0 aromatic heterocycles. The molecule has 3 fully saturated rings. The molecule has 0 aromatic rings. The zero-order chi connectivity index (χ0) is 58.2. The Labute approximate surface area is 466 Å². The van der Waals surface area contributed by atoms with Crippen molar-refractivity contribution < 1.29 is 113 Å². The van der Waals surface area contributed by atoms with E-state index in [0.717, 1.165) is 63.9 Å². The van der Waals surface area contributed by atoms with Crippen molar-refractivity contribution in [2.24, 2.45) is 0 Å². The minimum atomic E-state index is -5.66. The van der Waals surface area contributed by atoms with Crippen LogP contribution in [0, 0.1) is 0 Å². The fourth-order valence-electron chi connectivity index (χ4n) is 9.43. The molecular weight excluding hydrogens is 1060 g/mol. The van der Waals surface area contributed by atoms with Crippen LogP contribution < -0.4 is 0 Å². The van der Waals surface area contributed by atoms with Gasteiger partial charge >= 0.3 is 19.8 Å². The van der Waals surface area contributed by atoms with Gasteiger partial charge in [0.25, 0.3) is 0 Å². The summed E-state index contributed by atoms with van der Waals surface area (Å²) < 4.78 is 57.8. The number of carbonyl (C=O) groups is 2. The lowest BCUT2D eigenvalue weighted by atomic mass is 9.84. The molecule has 79 heavy (non-hydrogen) atoms. The van der Waals surface area contributed by atoms with Crippen molar-refractivity contribution in [2.75, 3.05) is 26.4 Å². The number of allylic oxidation sites excluding steroid dienone is 5. The van der Waals surface area contributed by atoms with Gasteiger partial charge in [-0.05, 0) is 44.9 Å². The number of aliphatic hydroxyl groups excluding tert-OH is 11. The van der Waals surface area contributed by atoms with Gasteiger partial charge in [0.2, 0.25) is 0 Å². The second-order valence-electron chi connectivity index (χ2n) is 20.9. The number of phosphoric acid groups is 1. The van der Waals surface area contributed by atoms with E-state index >= 15 is 0 Å². The van der Waals surface area contributed by atoms with Crippen LogP contribution in [0.3, 0.4) is 0 Å². The summed E-state index contributed by atoms with van der Waals surface area (Å²) in [7, 11) is -5.66. The van der Waals surface area contributed by atoms with Crippen molar-refractivity contribution in [1.29, 1.82) is 0 Å². The lowest BCUT2D eigenvalue weighted by molar-refractivity contribution is -0.360. The first-order valence-corrected chi connectivity index (χ1v) is 30.4. The van der Waals surface area contributed by atoms with Gasteiger partial charge < -0.3 is 89.5 Å². The molecule has 16 atom stereocenters. The molecule has 16 unspecified atom stereocenters. The Kier molecular flexibility index (Phi) is 35.9. The van der Waals surface area contributed by atoms with Gasteiger partial charge in [-0.1, -0.05) is 147 Å². The highest BCUT2D eigenvalue weighted by molar-refractivity contribution is 7.47. The Morgan fingerprint density at radius 2 is 0.924 bits per heavy atom. The van der Waals surface area contributed by atoms with E-state index in [4.69, 9.17) is 37.5 Å². The highest BCUT2D eigenvalue weighted by atomic mass is 31.2. The number of phosphoric ester groups is 1. The van der Waals surface area contributed by atoms with Crippen molar-refractivity contribution in [1.82, 2.24) is 0 Å². The average Bonchev–Trinajstić information content (AvgIpc) is 3.46. The normalized spacial score (nSPS) is 31.7. The average molecular weight is 1160 g/mol. The lowest BCUT2D eigenvalue weighted by Crippen LogP contribution is -2.69. The minimum absolute atomic E-state index is 0.0122. The van der Waals surface area contributed by atoms with Crippen LogP contribution in [-0.2, 0) is 51.6 Å². The molecule has 0 radical (unpaired) electrons. The van der Waals surface area contributed by atoms with Crippen molar-refractivity contribution >= 4 is 19.8 Å². The fraction of sp³-hybridized carbons (Fsp3) is 0.855. The second kappa shape index (κ2) is 40.0. The van der Waals surface area contributed by atoms with E-state index in [1.54, 1.807) is 6.08 Å². The number of hydrogen-bond acceptors (Lipinski definition) is 22. The molecule has 1 aliphatic carbocycles. The van der Waals surface area contributed by atoms with E-state index in [2.05, 4.69) is 26.0 Å². The standard InChI is InChI=1S/C55H97O23P/c1-3-5-7-9-11-13-15-17-18-20-22-24-26-28-30-32-41(59)73-37(35-71-40(58)31-29-27-25-23-21-19-16-14-12-10-8-6-4-2)36-72-79(69,70)78-53-51(76-54-49(67)44(62)42(60)38(33-56)74-54)47(65)46(64)48(66)52(53)77-55-50(68)45(63)43(61)39(34-57)75-55/h19,21,26,28,30,32,37-39,42-57,60-68H,3-18,20,22-25,27,29,31,33-36H2,1-2H3,(H,69,70). The van der Waals surface area contributed by atoms with E-state index in [1.165, 1.54) is 89.5 Å². The summed E-state index contributed by atoms with van der Waals surface area (Å²) in [5.41, 5.74) is 0. The molecule has 1 saturated carbocycles. The van der Waals surface area contributed by atoms with E-state index in [-0.39, 0.29) is 6.42 Å². The van der Waals surface area contributed by atoms with Crippen molar-refractivity contribution in [3.05, 3.63) is 36.5 Å². The third kappa shape index (κ3) is 26.0. The van der Waals surface area contributed by atoms with Gasteiger partial charge in [-0.2, -0.15) is 0 Å². The summed E-state index contributed by atoms with van der Waals surface area (Å²) in [6, 6.07) is 0. The molecule has 24 heteroatoms. The SMILES string of the molecule is CCCCCCCCC=CCCCCCC(=O)OCC(COP(=O)(O)OC1C(OC2OC(CO)C(O)C(O)C2O)C(O)C(O)C(O)C1OC1OC(CO)C(O)C(O)C1O)OC(=O)C=CC=CCCCCCCCCCCCCC. The number of unbranched alkanes of at least 4 members (excludes halogenated alkanes) is 20. The van der Waals surface area contributed by atoms with E-state index in [9.17, 15) is 75.2 Å². The molecule has 0 spiro atoms. The third-order valence-corrected chi connectivity index (χ3v) is 15.3. The summed E-state index contributed by atoms with van der Waals surface area (Å²) in [5, 5.41) is 116. The molecule has 3 rings (SSSR count). The van der Waals surface area contributed by atoms with Crippen LogP contribution in [0.25, 0.3) is 0 Å². The van der Waals surface area contributed by atoms with Crippen LogP contribution in [0.2, 0.25) is 0 Å².